The van der Waals surface area contributed by atoms with Gasteiger partial charge in [-0.3, -0.25) is 4.79 Å². The van der Waals surface area contributed by atoms with E-state index in [1.165, 1.54) is 13.1 Å². The van der Waals surface area contributed by atoms with Crippen LogP contribution in [0.15, 0.2) is 41.3 Å². The lowest BCUT2D eigenvalue weighted by atomic mass is 10.1. The summed E-state index contributed by atoms with van der Waals surface area (Å²) in [5, 5.41) is 2.75. The number of benzene rings is 2. The standard InChI is InChI=1S/C17H20N2O3S/c1-11-5-8-15(13(3)9-11)17(20)19-14-7-6-12(2)16(10-14)23(21,22)18-4/h5-10,18H,1-4H3,(H,19,20). The SMILES string of the molecule is CNS(=O)(=O)c1cc(NC(=O)c2ccc(C)cc2C)ccc1C. The van der Waals surface area contributed by atoms with Gasteiger partial charge in [0.25, 0.3) is 5.91 Å². The minimum Gasteiger partial charge on any atom is -0.322 e. The molecule has 0 aliphatic carbocycles. The predicted octanol–water partition coefficient (Wildman–Crippen LogP) is 2.77. The van der Waals surface area contributed by atoms with Crippen molar-refractivity contribution in [3.05, 3.63) is 58.7 Å². The third-order valence-corrected chi connectivity index (χ3v) is 5.19. The van der Waals surface area contributed by atoms with Crippen LogP contribution in [-0.4, -0.2) is 21.4 Å². The molecule has 0 radical (unpaired) electrons. The zero-order valence-electron chi connectivity index (χ0n) is 13.6. The Balaban J connectivity index is 2.34. The molecule has 0 aromatic heterocycles. The quantitative estimate of drug-likeness (QED) is 0.904. The van der Waals surface area contributed by atoms with Gasteiger partial charge in [-0.25, -0.2) is 13.1 Å². The number of hydrogen-bond donors (Lipinski definition) is 2. The molecule has 0 bridgehead atoms. The van der Waals surface area contributed by atoms with Crippen molar-refractivity contribution >= 4 is 21.6 Å². The zero-order valence-corrected chi connectivity index (χ0v) is 14.4. The number of amides is 1. The van der Waals surface area contributed by atoms with Crippen molar-refractivity contribution in [1.82, 2.24) is 4.72 Å². The van der Waals surface area contributed by atoms with Gasteiger partial charge in [0.1, 0.15) is 0 Å². The number of carbonyl (C=O) groups is 1. The molecule has 2 aromatic carbocycles. The molecule has 6 heteroatoms. The van der Waals surface area contributed by atoms with Crippen LogP contribution in [0.4, 0.5) is 5.69 Å². The monoisotopic (exact) mass is 332 g/mol. The number of sulfonamides is 1. The van der Waals surface area contributed by atoms with Gasteiger partial charge in [0, 0.05) is 11.3 Å². The molecule has 23 heavy (non-hydrogen) atoms. The number of rotatable bonds is 4. The Labute approximate surface area is 136 Å². The Morgan fingerprint density at radius 3 is 2.26 bits per heavy atom. The molecule has 0 atom stereocenters. The third kappa shape index (κ3) is 3.78. The van der Waals surface area contributed by atoms with Gasteiger partial charge in [0.05, 0.1) is 4.90 Å². The molecule has 0 saturated carbocycles. The van der Waals surface area contributed by atoms with Gasteiger partial charge >= 0.3 is 0 Å². The van der Waals surface area contributed by atoms with Crippen molar-refractivity contribution < 1.29 is 13.2 Å². The fraction of sp³-hybridized carbons (Fsp3) is 0.235. The van der Waals surface area contributed by atoms with Gasteiger partial charge in [-0.2, -0.15) is 0 Å². The maximum Gasteiger partial charge on any atom is 0.255 e. The molecular formula is C17H20N2O3S. The largest absolute Gasteiger partial charge is 0.322 e. The molecule has 1 amide bonds. The van der Waals surface area contributed by atoms with Crippen molar-refractivity contribution in [1.29, 1.82) is 0 Å². The van der Waals surface area contributed by atoms with Crippen molar-refractivity contribution in [2.75, 3.05) is 12.4 Å². The summed E-state index contributed by atoms with van der Waals surface area (Å²) in [5.41, 5.74) is 3.57. The first-order valence-corrected chi connectivity index (χ1v) is 8.65. The highest BCUT2D eigenvalue weighted by atomic mass is 32.2. The molecule has 0 aliphatic heterocycles. The summed E-state index contributed by atoms with van der Waals surface area (Å²) in [5.74, 6) is -0.265. The second-order valence-electron chi connectivity index (χ2n) is 5.46. The summed E-state index contributed by atoms with van der Waals surface area (Å²) in [6, 6.07) is 10.4. The van der Waals surface area contributed by atoms with Gasteiger partial charge in [-0.15, -0.1) is 0 Å². The molecular weight excluding hydrogens is 312 g/mol. The van der Waals surface area contributed by atoms with E-state index >= 15 is 0 Å². The number of aryl methyl sites for hydroxylation is 3. The van der Waals surface area contributed by atoms with Crippen LogP contribution in [0, 0.1) is 20.8 Å². The van der Waals surface area contributed by atoms with Crippen LogP contribution >= 0.6 is 0 Å². The molecule has 122 valence electrons. The van der Waals surface area contributed by atoms with Crippen LogP contribution in [0.3, 0.4) is 0 Å². The van der Waals surface area contributed by atoms with E-state index in [-0.39, 0.29) is 10.8 Å². The Bertz CT molecular complexity index is 858. The summed E-state index contributed by atoms with van der Waals surface area (Å²) >= 11 is 0. The van der Waals surface area contributed by atoms with Crippen LogP contribution in [0.1, 0.15) is 27.0 Å². The summed E-state index contributed by atoms with van der Waals surface area (Å²) < 4.78 is 26.3. The second-order valence-corrected chi connectivity index (χ2v) is 7.32. The van der Waals surface area contributed by atoms with Gasteiger partial charge < -0.3 is 5.32 Å². The molecule has 2 aromatic rings. The van der Waals surface area contributed by atoms with Gasteiger partial charge in [-0.1, -0.05) is 23.8 Å². The van der Waals surface area contributed by atoms with Gasteiger partial charge in [0.15, 0.2) is 0 Å². The second kappa shape index (κ2) is 6.52. The maximum absolute atomic E-state index is 12.4. The fourth-order valence-electron chi connectivity index (χ4n) is 2.34. The van der Waals surface area contributed by atoms with E-state index in [0.29, 0.717) is 16.8 Å². The molecule has 0 fully saturated rings. The van der Waals surface area contributed by atoms with E-state index in [9.17, 15) is 13.2 Å². The topological polar surface area (TPSA) is 75.3 Å². The molecule has 0 spiro atoms. The lowest BCUT2D eigenvalue weighted by molar-refractivity contribution is 0.102. The van der Waals surface area contributed by atoms with Crippen molar-refractivity contribution in [2.24, 2.45) is 0 Å². The first kappa shape index (κ1) is 17.2. The van der Waals surface area contributed by atoms with E-state index in [1.54, 1.807) is 25.1 Å². The molecule has 0 unspecified atom stereocenters. The maximum atomic E-state index is 12.4. The van der Waals surface area contributed by atoms with E-state index in [1.807, 2.05) is 26.0 Å². The lowest BCUT2D eigenvalue weighted by Crippen LogP contribution is -2.20. The minimum atomic E-state index is -3.57. The smallest absolute Gasteiger partial charge is 0.255 e. The van der Waals surface area contributed by atoms with Crippen molar-refractivity contribution in [2.45, 2.75) is 25.7 Å². The summed E-state index contributed by atoms with van der Waals surface area (Å²) in [7, 11) is -2.21. The van der Waals surface area contributed by atoms with E-state index in [0.717, 1.165) is 11.1 Å². The molecule has 0 heterocycles. The van der Waals surface area contributed by atoms with Gasteiger partial charge in [0.2, 0.25) is 10.0 Å². The molecule has 0 saturated heterocycles. The van der Waals surface area contributed by atoms with E-state index < -0.39 is 10.0 Å². The number of hydrogen-bond acceptors (Lipinski definition) is 3. The van der Waals surface area contributed by atoms with Gasteiger partial charge in [-0.05, 0) is 57.1 Å². The summed E-state index contributed by atoms with van der Waals surface area (Å²) in [6.45, 7) is 5.54. The Morgan fingerprint density at radius 2 is 1.65 bits per heavy atom. The van der Waals surface area contributed by atoms with Crippen LogP contribution in [0.25, 0.3) is 0 Å². The average Bonchev–Trinajstić information content (AvgIpc) is 2.48. The molecule has 0 aliphatic rings. The molecule has 2 rings (SSSR count). The number of carbonyl (C=O) groups excluding carboxylic acids is 1. The molecule has 5 nitrogen and oxygen atoms in total. The zero-order chi connectivity index (χ0) is 17.2. The van der Waals surface area contributed by atoms with Crippen LogP contribution in [0.5, 0.6) is 0 Å². The fourth-order valence-corrected chi connectivity index (χ4v) is 3.34. The minimum absolute atomic E-state index is 0.151. The highest BCUT2D eigenvalue weighted by Crippen LogP contribution is 2.21. The third-order valence-electron chi connectivity index (χ3n) is 3.63. The Kier molecular flexibility index (Phi) is 4.87. The van der Waals surface area contributed by atoms with Crippen molar-refractivity contribution in [3.63, 3.8) is 0 Å². The summed E-state index contributed by atoms with van der Waals surface area (Å²) in [4.78, 5) is 12.5. The van der Waals surface area contributed by atoms with Crippen LogP contribution < -0.4 is 10.0 Å². The van der Waals surface area contributed by atoms with E-state index in [2.05, 4.69) is 10.0 Å². The lowest BCUT2D eigenvalue weighted by Gasteiger charge is -2.11. The van der Waals surface area contributed by atoms with Crippen molar-refractivity contribution in [3.8, 4) is 0 Å². The average molecular weight is 332 g/mol. The first-order valence-electron chi connectivity index (χ1n) is 7.17. The number of nitrogens with one attached hydrogen (secondary N) is 2. The first-order chi connectivity index (χ1) is 10.7. The normalized spacial score (nSPS) is 11.3. The predicted molar refractivity (Wildman–Crippen MR) is 91.3 cm³/mol. The Morgan fingerprint density at radius 1 is 0.957 bits per heavy atom. The highest BCUT2D eigenvalue weighted by Gasteiger charge is 2.16. The number of anilines is 1. The van der Waals surface area contributed by atoms with E-state index in [4.69, 9.17) is 0 Å². The van der Waals surface area contributed by atoms with Crippen LogP contribution in [0.2, 0.25) is 0 Å². The van der Waals surface area contributed by atoms with Crippen LogP contribution in [-0.2, 0) is 10.0 Å². The molecule has 2 N–H and O–H groups in total. The Hall–Kier alpha value is -2.18. The highest BCUT2D eigenvalue weighted by molar-refractivity contribution is 7.89. The summed E-state index contributed by atoms with van der Waals surface area (Å²) in [6.07, 6.45) is 0.